The van der Waals surface area contributed by atoms with Gasteiger partial charge in [-0.25, -0.2) is 4.98 Å². The summed E-state index contributed by atoms with van der Waals surface area (Å²) in [6.45, 7) is 1.70. The second-order valence-electron chi connectivity index (χ2n) is 12.2. The van der Waals surface area contributed by atoms with E-state index in [4.69, 9.17) is 26.5 Å². The van der Waals surface area contributed by atoms with Crippen molar-refractivity contribution in [2.75, 3.05) is 13.1 Å². The van der Waals surface area contributed by atoms with Gasteiger partial charge >= 0.3 is 0 Å². The standard InChI is InChI=1S/C36H39ClN4O5/c37-27-14-12-23(13-15-27)22-45-28-19-31(41(21-28)36(44)30-17-24-7-1-2-9-26(24)20-39-30)32(42)18-25(8-5-6-16-38)34(43)35-40-29-10-3-4-11-33(29)46-35/h1-4,7,9-15,25,28,30-31,39H,5-6,8,16-22,38H2/t25-,28-,30-,31+/m1/s1. The molecule has 46 heavy (non-hydrogen) atoms. The Hall–Kier alpha value is -3.89. The van der Waals surface area contributed by atoms with Crippen molar-refractivity contribution in [3.05, 3.63) is 100 Å². The number of nitrogens with one attached hydrogen (secondary N) is 1. The first-order valence-electron chi connectivity index (χ1n) is 16.0. The van der Waals surface area contributed by atoms with Crippen molar-refractivity contribution in [1.29, 1.82) is 0 Å². The number of hydrogen-bond donors (Lipinski definition) is 2. The maximum atomic E-state index is 14.1. The first-order chi connectivity index (χ1) is 22.4. The Bertz CT molecular complexity index is 1660. The van der Waals surface area contributed by atoms with Crippen molar-refractivity contribution in [2.45, 2.75) is 69.9 Å². The van der Waals surface area contributed by atoms with Gasteiger partial charge in [0, 0.05) is 36.9 Å². The fourth-order valence-corrected chi connectivity index (χ4v) is 6.61. The van der Waals surface area contributed by atoms with Gasteiger partial charge in [-0.05, 0) is 66.8 Å². The molecule has 0 aliphatic carbocycles. The van der Waals surface area contributed by atoms with E-state index in [-0.39, 0.29) is 35.9 Å². The Labute approximate surface area is 273 Å². The van der Waals surface area contributed by atoms with Crippen molar-refractivity contribution >= 4 is 40.2 Å². The minimum absolute atomic E-state index is 0.000322. The number of ketones is 2. The fraction of sp³-hybridized carbons (Fsp3) is 0.389. The van der Waals surface area contributed by atoms with Crippen LogP contribution in [-0.4, -0.2) is 58.6 Å². The number of likely N-dealkylation sites (tertiary alicyclic amines) is 1. The lowest BCUT2D eigenvalue weighted by atomic mass is 9.89. The van der Waals surface area contributed by atoms with Crippen LogP contribution >= 0.6 is 11.6 Å². The molecule has 2 aliphatic rings. The highest BCUT2D eigenvalue weighted by Gasteiger charge is 2.43. The van der Waals surface area contributed by atoms with E-state index in [1.54, 1.807) is 17.0 Å². The number of unbranched alkanes of at least 4 members (excludes halogenated alkanes) is 1. The molecule has 4 atom stereocenters. The van der Waals surface area contributed by atoms with Gasteiger partial charge in [-0.2, -0.15) is 0 Å². The third kappa shape index (κ3) is 7.39. The van der Waals surface area contributed by atoms with Crippen molar-refractivity contribution < 1.29 is 23.5 Å². The number of carbonyl (C=O) groups excluding carboxylic acids is 3. The van der Waals surface area contributed by atoms with Gasteiger partial charge < -0.3 is 25.1 Å². The van der Waals surface area contributed by atoms with Crippen LogP contribution in [0, 0.1) is 5.92 Å². The minimum Gasteiger partial charge on any atom is -0.434 e. The fourth-order valence-electron chi connectivity index (χ4n) is 6.48. The topological polar surface area (TPSA) is 128 Å². The zero-order valence-electron chi connectivity index (χ0n) is 25.7. The van der Waals surface area contributed by atoms with Gasteiger partial charge in [0.15, 0.2) is 11.4 Å². The highest BCUT2D eigenvalue weighted by molar-refractivity contribution is 6.30. The van der Waals surface area contributed by atoms with Crippen LogP contribution in [0.3, 0.4) is 0 Å². The van der Waals surface area contributed by atoms with E-state index < -0.39 is 18.0 Å². The lowest BCUT2D eigenvalue weighted by Crippen LogP contribution is -2.52. The summed E-state index contributed by atoms with van der Waals surface area (Å²) in [7, 11) is 0. The van der Waals surface area contributed by atoms with Crippen molar-refractivity contribution in [3.63, 3.8) is 0 Å². The van der Waals surface area contributed by atoms with E-state index in [0.29, 0.717) is 68.0 Å². The number of ether oxygens (including phenoxy) is 1. The zero-order valence-corrected chi connectivity index (χ0v) is 26.5. The molecular weight excluding hydrogens is 604 g/mol. The molecule has 9 nitrogen and oxygen atoms in total. The van der Waals surface area contributed by atoms with Crippen molar-refractivity contribution in [1.82, 2.24) is 15.2 Å². The lowest BCUT2D eigenvalue weighted by Gasteiger charge is -2.32. The summed E-state index contributed by atoms with van der Waals surface area (Å²) in [5.41, 5.74) is 10.1. The molecule has 1 aromatic heterocycles. The van der Waals surface area contributed by atoms with Crippen LogP contribution in [0.15, 0.2) is 77.2 Å². The van der Waals surface area contributed by atoms with Gasteiger partial charge in [0.2, 0.25) is 11.7 Å². The molecule has 0 saturated carbocycles. The number of nitrogens with two attached hydrogens (primary N) is 1. The number of carbonyl (C=O) groups is 3. The molecule has 1 saturated heterocycles. The lowest BCUT2D eigenvalue weighted by molar-refractivity contribution is -0.139. The van der Waals surface area contributed by atoms with Crippen molar-refractivity contribution in [3.8, 4) is 0 Å². The smallest absolute Gasteiger partial charge is 0.264 e. The monoisotopic (exact) mass is 642 g/mol. The Morgan fingerprint density at radius 2 is 1.78 bits per heavy atom. The third-order valence-corrected chi connectivity index (χ3v) is 9.28. The summed E-state index contributed by atoms with van der Waals surface area (Å²) < 4.78 is 12.0. The molecule has 1 fully saturated rings. The minimum atomic E-state index is -0.713. The molecule has 0 radical (unpaired) electrons. The maximum Gasteiger partial charge on any atom is 0.264 e. The van der Waals surface area contributed by atoms with Gasteiger partial charge in [-0.1, -0.05) is 66.6 Å². The molecule has 0 bridgehead atoms. The van der Waals surface area contributed by atoms with Crippen LogP contribution in [0.4, 0.5) is 0 Å². The van der Waals surface area contributed by atoms with Crippen LogP contribution in [-0.2, 0) is 33.9 Å². The number of fused-ring (bicyclic) bond motifs is 2. The largest absolute Gasteiger partial charge is 0.434 e. The van der Waals surface area contributed by atoms with Crippen LogP contribution in [0.2, 0.25) is 5.02 Å². The Morgan fingerprint density at radius 3 is 2.57 bits per heavy atom. The van der Waals surface area contributed by atoms with Gasteiger partial charge in [-0.15, -0.1) is 0 Å². The number of aromatic nitrogens is 1. The van der Waals surface area contributed by atoms with Crippen LogP contribution in [0.25, 0.3) is 11.1 Å². The summed E-state index contributed by atoms with van der Waals surface area (Å²) in [4.78, 5) is 48.0. The van der Waals surface area contributed by atoms with Crippen LogP contribution in [0.1, 0.15) is 59.5 Å². The van der Waals surface area contributed by atoms with E-state index in [1.165, 1.54) is 5.56 Å². The number of halogens is 1. The molecule has 10 heteroatoms. The summed E-state index contributed by atoms with van der Waals surface area (Å²) in [6.07, 6.45) is 2.42. The highest BCUT2D eigenvalue weighted by Crippen LogP contribution is 2.29. The molecule has 1 amide bonds. The average molecular weight is 643 g/mol. The molecular formula is C36H39ClN4O5. The first kappa shape index (κ1) is 32.1. The highest BCUT2D eigenvalue weighted by atomic mass is 35.5. The van der Waals surface area contributed by atoms with Gasteiger partial charge in [0.05, 0.1) is 24.8 Å². The van der Waals surface area contributed by atoms with Gasteiger partial charge in [0.1, 0.15) is 5.52 Å². The molecule has 2 aliphatic heterocycles. The molecule has 3 N–H and O–H groups in total. The quantitative estimate of drug-likeness (QED) is 0.149. The predicted octanol–water partition coefficient (Wildman–Crippen LogP) is 5.27. The van der Waals surface area contributed by atoms with E-state index in [1.807, 2.05) is 54.6 Å². The van der Waals surface area contributed by atoms with Gasteiger partial charge in [-0.3, -0.25) is 14.4 Å². The van der Waals surface area contributed by atoms with Gasteiger partial charge in [0.25, 0.3) is 5.89 Å². The average Bonchev–Trinajstić information content (AvgIpc) is 3.72. The van der Waals surface area contributed by atoms with Crippen LogP contribution in [0.5, 0.6) is 0 Å². The number of rotatable bonds is 13. The Morgan fingerprint density at radius 1 is 1.02 bits per heavy atom. The number of nitrogens with zero attached hydrogens (tertiary/aromatic N) is 2. The molecule has 0 unspecified atom stereocenters. The number of amides is 1. The molecule has 240 valence electrons. The molecule has 0 spiro atoms. The summed E-state index contributed by atoms with van der Waals surface area (Å²) in [5, 5.41) is 4.02. The number of para-hydroxylation sites is 2. The second kappa shape index (κ2) is 14.7. The van der Waals surface area contributed by atoms with E-state index in [0.717, 1.165) is 17.5 Å². The molecule has 6 rings (SSSR count). The van der Waals surface area contributed by atoms with Crippen LogP contribution < -0.4 is 11.1 Å². The van der Waals surface area contributed by atoms with Crippen molar-refractivity contribution in [2.24, 2.45) is 11.7 Å². The SMILES string of the molecule is NCCCC[C@H](CC(=O)[C@@H]1C[C@@H](OCc2ccc(Cl)cc2)CN1C(=O)[C@H]1Cc2ccccc2CN1)C(=O)c1nc2ccccc2o1. The van der Waals surface area contributed by atoms with E-state index >= 15 is 0 Å². The number of hydrogen-bond acceptors (Lipinski definition) is 8. The summed E-state index contributed by atoms with van der Waals surface area (Å²) >= 11 is 6.05. The van der Waals surface area contributed by atoms with E-state index in [2.05, 4.69) is 16.4 Å². The maximum absolute atomic E-state index is 14.1. The Kier molecular flexibility index (Phi) is 10.2. The normalized spacial score (nSPS) is 20.0. The second-order valence-corrected chi connectivity index (χ2v) is 12.6. The molecule has 4 aromatic rings. The summed E-state index contributed by atoms with van der Waals surface area (Å²) in [5.74, 6) is -1.24. The number of benzene rings is 3. The number of Topliss-reactive ketones (excluding diaryl/α,β-unsaturated/α-hetero) is 2. The number of oxazole rings is 1. The van der Waals surface area contributed by atoms with E-state index in [9.17, 15) is 14.4 Å². The molecule has 3 aromatic carbocycles. The Balaban J connectivity index is 1.21. The zero-order chi connectivity index (χ0) is 32.0. The summed E-state index contributed by atoms with van der Waals surface area (Å²) in [6, 6.07) is 21.5. The third-order valence-electron chi connectivity index (χ3n) is 9.03. The predicted molar refractivity (Wildman–Crippen MR) is 175 cm³/mol. The first-order valence-corrected chi connectivity index (χ1v) is 16.4. The molecule has 3 heterocycles.